The predicted octanol–water partition coefficient (Wildman–Crippen LogP) is 2.08. The molecule has 2 aliphatic rings. The molecule has 0 aliphatic carbocycles. The second kappa shape index (κ2) is 8.31. The Kier molecular flexibility index (Phi) is 5.88. The van der Waals surface area contributed by atoms with Crippen molar-refractivity contribution in [1.29, 1.82) is 0 Å². The molecule has 2 aliphatic heterocycles. The van der Waals surface area contributed by atoms with Crippen molar-refractivity contribution in [1.82, 2.24) is 4.90 Å². The molecule has 1 unspecified atom stereocenters. The number of carbonyl (C=O) groups is 3. The lowest BCUT2D eigenvalue weighted by Crippen LogP contribution is -2.45. The lowest BCUT2D eigenvalue weighted by atomic mass is 10.0. The van der Waals surface area contributed by atoms with Crippen LogP contribution in [0.4, 0.5) is 11.4 Å². The number of nitrogens with one attached hydrogen (secondary N) is 1. The number of aliphatic carboxylic acids is 1. The number of carboxylic acid groups (broad SMARTS) is 1. The van der Waals surface area contributed by atoms with Crippen molar-refractivity contribution in [2.45, 2.75) is 44.6 Å². The molecule has 2 amide bonds. The minimum absolute atomic E-state index is 0.135. The Morgan fingerprint density at radius 1 is 1.12 bits per heavy atom. The molecule has 1 atom stereocenters. The molecule has 2 N–H and O–H groups in total. The highest BCUT2D eigenvalue weighted by Crippen LogP contribution is 2.23. The van der Waals surface area contributed by atoms with Gasteiger partial charge in [0.15, 0.2) is 0 Å². The zero-order valence-electron chi connectivity index (χ0n) is 14.8. The quantitative estimate of drug-likeness (QED) is 0.812. The van der Waals surface area contributed by atoms with Crippen LogP contribution in [0.15, 0.2) is 24.3 Å². The minimum Gasteiger partial charge on any atom is -0.480 e. The Hall–Kier alpha value is -2.41. The van der Waals surface area contributed by atoms with Gasteiger partial charge >= 0.3 is 5.97 Å². The first-order chi connectivity index (χ1) is 12.5. The average Bonchev–Trinajstić information content (AvgIpc) is 3.07. The number of piperidine rings is 1. The molecule has 2 saturated heterocycles. The van der Waals surface area contributed by atoms with E-state index in [4.69, 9.17) is 0 Å². The maximum atomic E-state index is 12.2. The molecule has 7 heteroatoms. The van der Waals surface area contributed by atoms with Crippen LogP contribution >= 0.6 is 0 Å². The van der Waals surface area contributed by atoms with Gasteiger partial charge in [0.05, 0.1) is 0 Å². The molecule has 0 radical (unpaired) electrons. The fourth-order valence-electron chi connectivity index (χ4n) is 3.65. The highest BCUT2D eigenvalue weighted by Gasteiger charge is 2.28. The third kappa shape index (κ3) is 4.40. The Balaban J connectivity index is 1.50. The summed E-state index contributed by atoms with van der Waals surface area (Å²) in [5.41, 5.74) is 1.53. The van der Waals surface area contributed by atoms with Gasteiger partial charge in [0, 0.05) is 37.3 Å². The van der Waals surface area contributed by atoms with E-state index >= 15 is 0 Å². The van der Waals surface area contributed by atoms with Gasteiger partial charge in [-0.15, -0.1) is 0 Å². The molecule has 3 rings (SSSR count). The van der Waals surface area contributed by atoms with Crippen LogP contribution in [0, 0.1) is 0 Å². The summed E-state index contributed by atoms with van der Waals surface area (Å²) in [4.78, 5) is 38.9. The Morgan fingerprint density at radius 3 is 2.54 bits per heavy atom. The largest absolute Gasteiger partial charge is 0.480 e. The second-order valence-electron chi connectivity index (χ2n) is 6.88. The van der Waals surface area contributed by atoms with E-state index in [2.05, 4.69) is 5.32 Å². The van der Waals surface area contributed by atoms with Gasteiger partial charge in [0.2, 0.25) is 11.8 Å². The summed E-state index contributed by atoms with van der Waals surface area (Å²) >= 11 is 0. The lowest BCUT2D eigenvalue weighted by Gasteiger charge is -2.32. The van der Waals surface area contributed by atoms with Crippen molar-refractivity contribution in [2.75, 3.05) is 29.9 Å². The summed E-state index contributed by atoms with van der Waals surface area (Å²) in [6, 6.07) is 6.78. The number of nitrogens with zero attached hydrogens (tertiary/aromatic N) is 2. The maximum absolute atomic E-state index is 12.2. The molecule has 26 heavy (non-hydrogen) atoms. The van der Waals surface area contributed by atoms with Gasteiger partial charge in [0.1, 0.15) is 6.04 Å². The van der Waals surface area contributed by atoms with Crippen molar-refractivity contribution in [3.05, 3.63) is 24.3 Å². The summed E-state index contributed by atoms with van der Waals surface area (Å²) in [5, 5.41) is 12.1. The van der Waals surface area contributed by atoms with Gasteiger partial charge < -0.3 is 15.3 Å². The van der Waals surface area contributed by atoms with Gasteiger partial charge in [-0.05, 0) is 50.1 Å². The monoisotopic (exact) mass is 359 g/mol. The number of hydrogen-bond donors (Lipinski definition) is 2. The Labute approximate surface area is 153 Å². The fraction of sp³-hybridized carbons (Fsp3) is 0.526. The van der Waals surface area contributed by atoms with Crippen molar-refractivity contribution in [3.63, 3.8) is 0 Å². The summed E-state index contributed by atoms with van der Waals surface area (Å²) < 4.78 is 0. The molecule has 2 heterocycles. The minimum atomic E-state index is -0.808. The molecule has 1 aromatic rings. The van der Waals surface area contributed by atoms with Gasteiger partial charge in [0.25, 0.3) is 0 Å². The SMILES string of the molecule is O=C(CCN1CCCCC1C(=O)O)Nc1ccc(N2CCCC2=O)cc1. The van der Waals surface area contributed by atoms with Crippen molar-refractivity contribution in [3.8, 4) is 0 Å². The number of hydrogen-bond acceptors (Lipinski definition) is 4. The highest BCUT2D eigenvalue weighted by atomic mass is 16.4. The molecule has 0 bridgehead atoms. The van der Waals surface area contributed by atoms with Gasteiger partial charge in [-0.3, -0.25) is 19.3 Å². The van der Waals surface area contributed by atoms with Crippen LogP contribution < -0.4 is 10.2 Å². The first kappa shape index (κ1) is 18.4. The average molecular weight is 359 g/mol. The van der Waals surface area contributed by atoms with Crippen LogP contribution in [0.1, 0.15) is 38.5 Å². The number of rotatable bonds is 6. The maximum Gasteiger partial charge on any atom is 0.320 e. The van der Waals surface area contributed by atoms with E-state index < -0.39 is 12.0 Å². The number of benzene rings is 1. The molecule has 2 fully saturated rings. The van der Waals surface area contributed by atoms with Crippen molar-refractivity contribution < 1.29 is 19.5 Å². The standard InChI is InChI=1S/C19H25N3O4/c23-17(10-13-21-11-2-1-4-16(21)19(25)26)20-14-6-8-15(9-7-14)22-12-3-5-18(22)24/h6-9,16H,1-5,10-13H2,(H,20,23)(H,25,26). The summed E-state index contributed by atoms with van der Waals surface area (Å²) in [5.74, 6) is -0.807. The lowest BCUT2D eigenvalue weighted by molar-refractivity contribution is -0.145. The van der Waals surface area contributed by atoms with E-state index in [0.717, 1.165) is 38.0 Å². The zero-order valence-corrected chi connectivity index (χ0v) is 14.8. The molecule has 0 aromatic heterocycles. The molecule has 0 spiro atoms. The van der Waals surface area contributed by atoms with Crippen LogP contribution in [-0.4, -0.2) is 53.5 Å². The predicted molar refractivity (Wildman–Crippen MR) is 98.1 cm³/mol. The van der Waals surface area contributed by atoms with Crippen LogP contribution in [0.5, 0.6) is 0 Å². The first-order valence-corrected chi connectivity index (χ1v) is 9.22. The zero-order chi connectivity index (χ0) is 18.5. The van der Waals surface area contributed by atoms with Gasteiger partial charge in [-0.1, -0.05) is 6.42 Å². The van der Waals surface area contributed by atoms with Crippen LogP contribution in [0.25, 0.3) is 0 Å². The van der Waals surface area contributed by atoms with Crippen molar-refractivity contribution in [2.24, 2.45) is 0 Å². The third-order valence-electron chi connectivity index (χ3n) is 5.06. The number of amides is 2. The topological polar surface area (TPSA) is 89.9 Å². The van der Waals surface area contributed by atoms with Gasteiger partial charge in [-0.2, -0.15) is 0 Å². The highest BCUT2D eigenvalue weighted by molar-refractivity contribution is 5.96. The smallest absolute Gasteiger partial charge is 0.320 e. The van der Waals surface area contributed by atoms with E-state index in [1.54, 1.807) is 17.0 Å². The van der Waals surface area contributed by atoms with Gasteiger partial charge in [-0.25, -0.2) is 0 Å². The molecular weight excluding hydrogens is 334 g/mol. The van der Waals surface area contributed by atoms with E-state index in [1.807, 2.05) is 17.0 Å². The summed E-state index contributed by atoms with van der Waals surface area (Å²) in [6.45, 7) is 1.91. The molecule has 140 valence electrons. The van der Waals surface area contributed by atoms with Crippen LogP contribution in [0.3, 0.4) is 0 Å². The summed E-state index contributed by atoms with van der Waals surface area (Å²) in [7, 11) is 0. The molecule has 0 saturated carbocycles. The number of carbonyl (C=O) groups excluding carboxylic acids is 2. The Bertz CT molecular complexity index is 674. The van der Waals surface area contributed by atoms with Crippen LogP contribution in [0.2, 0.25) is 0 Å². The van der Waals surface area contributed by atoms with Crippen molar-refractivity contribution >= 4 is 29.2 Å². The van der Waals surface area contributed by atoms with E-state index in [9.17, 15) is 19.5 Å². The normalized spacial score (nSPS) is 21.0. The summed E-state index contributed by atoms with van der Waals surface area (Å²) in [6.07, 6.45) is 4.27. The molecule has 1 aromatic carbocycles. The van der Waals surface area contributed by atoms with E-state index in [-0.39, 0.29) is 18.2 Å². The van der Waals surface area contributed by atoms with E-state index in [0.29, 0.717) is 25.1 Å². The van der Waals surface area contributed by atoms with Crippen LogP contribution in [-0.2, 0) is 14.4 Å². The third-order valence-corrected chi connectivity index (χ3v) is 5.06. The number of likely N-dealkylation sites (tertiary alicyclic amines) is 1. The molecular formula is C19H25N3O4. The molecule has 7 nitrogen and oxygen atoms in total. The second-order valence-corrected chi connectivity index (χ2v) is 6.88. The fourth-order valence-corrected chi connectivity index (χ4v) is 3.65. The van der Waals surface area contributed by atoms with E-state index in [1.165, 1.54) is 0 Å². The number of carboxylic acids is 1. The first-order valence-electron chi connectivity index (χ1n) is 9.22. The number of anilines is 2. The Morgan fingerprint density at radius 2 is 1.88 bits per heavy atom.